The number of carbonyl (C=O) groups excluding carboxylic acids is 1. The van der Waals surface area contributed by atoms with Gasteiger partial charge in [0.2, 0.25) is 0 Å². The summed E-state index contributed by atoms with van der Waals surface area (Å²) in [4.78, 5) is 16.8. The topological polar surface area (TPSA) is 52.7 Å². The number of para-hydroxylation sites is 1. The molecule has 28 heavy (non-hydrogen) atoms. The maximum absolute atomic E-state index is 12.6. The number of nitrogens with zero attached hydrogens (tertiary/aromatic N) is 2. The normalized spacial score (nSPS) is 16.0. The van der Waals surface area contributed by atoms with Crippen molar-refractivity contribution < 1.29 is 9.00 Å². The van der Waals surface area contributed by atoms with Crippen molar-refractivity contribution in [1.29, 1.82) is 0 Å². The number of anilines is 2. The average Bonchev–Trinajstić information content (AvgIpc) is 2.68. The van der Waals surface area contributed by atoms with E-state index in [0.29, 0.717) is 18.8 Å². The Kier molecular flexibility index (Phi) is 6.39. The van der Waals surface area contributed by atoms with Crippen molar-refractivity contribution in [1.82, 2.24) is 4.90 Å². The number of urea groups is 1. The Labute approximate surface area is 170 Å². The standard InChI is InChI=1S/C22H29N3O2S/c1-22(2,3)28(27)17-18-8-7-9-19(16-18)23-21(26)25-14-12-24(13-15-25)20-10-5-4-6-11-20/h4-11,16H,12-15,17H2,1-3H3,(H,23,26). The van der Waals surface area contributed by atoms with Crippen LogP contribution in [0.3, 0.4) is 0 Å². The Balaban J connectivity index is 1.55. The summed E-state index contributed by atoms with van der Waals surface area (Å²) < 4.78 is 12.1. The van der Waals surface area contributed by atoms with Gasteiger partial charge in [-0.1, -0.05) is 30.3 Å². The van der Waals surface area contributed by atoms with Gasteiger partial charge >= 0.3 is 6.03 Å². The molecule has 1 aliphatic rings. The fourth-order valence-electron chi connectivity index (χ4n) is 3.12. The molecule has 0 spiro atoms. The van der Waals surface area contributed by atoms with E-state index in [2.05, 4.69) is 22.3 Å². The summed E-state index contributed by atoms with van der Waals surface area (Å²) in [5.41, 5.74) is 2.92. The molecule has 0 radical (unpaired) electrons. The fourth-order valence-corrected chi connectivity index (χ4v) is 4.03. The van der Waals surface area contributed by atoms with Crippen LogP contribution in [0.2, 0.25) is 0 Å². The van der Waals surface area contributed by atoms with Crippen LogP contribution < -0.4 is 10.2 Å². The zero-order chi connectivity index (χ0) is 20.1. The fraction of sp³-hybridized carbons (Fsp3) is 0.409. The van der Waals surface area contributed by atoms with Gasteiger partial charge in [0.1, 0.15) is 0 Å². The molecule has 1 N–H and O–H groups in total. The third-order valence-electron chi connectivity index (χ3n) is 4.85. The molecular formula is C22H29N3O2S. The van der Waals surface area contributed by atoms with E-state index in [4.69, 9.17) is 0 Å². The minimum Gasteiger partial charge on any atom is -0.368 e. The molecule has 0 aliphatic carbocycles. The zero-order valence-electron chi connectivity index (χ0n) is 16.9. The molecule has 0 bridgehead atoms. The van der Waals surface area contributed by atoms with E-state index < -0.39 is 10.8 Å². The van der Waals surface area contributed by atoms with E-state index >= 15 is 0 Å². The summed E-state index contributed by atoms with van der Waals surface area (Å²) >= 11 is 0. The van der Waals surface area contributed by atoms with E-state index in [0.717, 1.165) is 24.3 Å². The summed E-state index contributed by atoms with van der Waals surface area (Å²) in [6.07, 6.45) is 0. The van der Waals surface area contributed by atoms with Crippen LogP contribution in [0.25, 0.3) is 0 Å². The number of hydrogen-bond donors (Lipinski definition) is 1. The molecule has 1 saturated heterocycles. The lowest BCUT2D eigenvalue weighted by molar-refractivity contribution is 0.208. The van der Waals surface area contributed by atoms with Crippen LogP contribution in [0.4, 0.5) is 16.2 Å². The molecule has 1 unspecified atom stereocenters. The smallest absolute Gasteiger partial charge is 0.321 e. The van der Waals surface area contributed by atoms with Crippen LogP contribution in [0, 0.1) is 0 Å². The Bertz CT molecular complexity index is 825. The summed E-state index contributed by atoms with van der Waals surface area (Å²) in [6, 6.07) is 17.9. The highest BCUT2D eigenvalue weighted by atomic mass is 32.2. The maximum Gasteiger partial charge on any atom is 0.321 e. The first kappa shape index (κ1) is 20.4. The second-order valence-corrected chi connectivity index (χ2v) is 10.2. The van der Waals surface area contributed by atoms with Gasteiger partial charge in [0, 0.05) is 58.9 Å². The lowest BCUT2D eigenvalue weighted by Gasteiger charge is -2.36. The number of benzene rings is 2. The lowest BCUT2D eigenvalue weighted by atomic mass is 10.2. The first-order chi connectivity index (χ1) is 13.3. The maximum atomic E-state index is 12.6. The van der Waals surface area contributed by atoms with Gasteiger partial charge in [-0.05, 0) is 50.6 Å². The van der Waals surface area contributed by atoms with Crippen LogP contribution in [-0.2, 0) is 16.6 Å². The molecule has 0 aromatic heterocycles. The van der Waals surface area contributed by atoms with Crippen molar-refractivity contribution in [2.75, 3.05) is 36.4 Å². The molecule has 2 amide bonds. The van der Waals surface area contributed by atoms with E-state index in [-0.39, 0.29) is 10.8 Å². The van der Waals surface area contributed by atoms with Crippen molar-refractivity contribution in [2.45, 2.75) is 31.3 Å². The number of rotatable bonds is 4. The van der Waals surface area contributed by atoms with E-state index in [1.54, 1.807) is 0 Å². The highest BCUT2D eigenvalue weighted by Gasteiger charge is 2.22. The molecule has 0 saturated carbocycles. The molecule has 1 heterocycles. The first-order valence-corrected chi connectivity index (χ1v) is 11.0. The molecule has 3 rings (SSSR count). The number of amides is 2. The summed E-state index contributed by atoms with van der Waals surface area (Å²) in [5.74, 6) is 0.489. The summed E-state index contributed by atoms with van der Waals surface area (Å²) in [6.45, 7) is 8.95. The Morgan fingerprint density at radius 2 is 1.68 bits per heavy atom. The molecule has 150 valence electrons. The predicted molar refractivity (Wildman–Crippen MR) is 117 cm³/mol. The molecule has 6 heteroatoms. The van der Waals surface area contributed by atoms with Crippen LogP contribution >= 0.6 is 0 Å². The predicted octanol–water partition coefficient (Wildman–Crippen LogP) is 4.09. The highest BCUT2D eigenvalue weighted by molar-refractivity contribution is 7.85. The lowest BCUT2D eigenvalue weighted by Crippen LogP contribution is -2.50. The molecule has 2 aromatic carbocycles. The third kappa shape index (κ3) is 5.35. The van der Waals surface area contributed by atoms with E-state index in [1.807, 2.05) is 68.1 Å². The molecular weight excluding hydrogens is 370 g/mol. The minimum absolute atomic E-state index is 0.0817. The van der Waals surface area contributed by atoms with Crippen molar-refractivity contribution in [3.63, 3.8) is 0 Å². The van der Waals surface area contributed by atoms with Crippen LogP contribution in [0.15, 0.2) is 54.6 Å². The Morgan fingerprint density at radius 1 is 1.00 bits per heavy atom. The van der Waals surface area contributed by atoms with Gasteiger partial charge in [-0.3, -0.25) is 4.21 Å². The van der Waals surface area contributed by atoms with E-state index in [9.17, 15) is 9.00 Å². The molecule has 1 aliphatic heterocycles. The van der Waals surface area contributed by atoms with Crippen molar-refractivity contribution in [3.05, 3.63) is 60.2 Å². The van der Waals surface area contributed by atoms with Gasteiger partial charge < -0.3 is 15.1 Å². The SMILES string of the molecule is CC(C)(C)S(=O)Cc1cccc(NC(=O)N2CCN(c3ccccc3)CC2)c1. The van der Waals surface area contributed by atoms with Gasteiger partial charge in [0.15, 0.2) is 0 Å². The largest absolute Gasteiger partial charge is 0.368 e. The average molecular weight is 400 g/mol. The monoisotopic (exact) mass is 399 g/mol. The minimum atomic E-state index is -0.964. The molecule has 5 nitrogen and oxygen atoms in total. The highest BCUT2D eigenvalue weighted by Crippen LogP contribution is 2.20. The van der Waals surface area contributed by atoms with Crippen molar-refractivity contribution in [3.8, 4) is 0 Å². The quantitative estimate of drug-likeness (QED) is 0.843. The second-order valence-electron chi connectivity index (χ2n) is 8.04. The van der Waals surface area contributed by atoms with Crippen LogP contribution in [0.1, 0.15) is 26.3 Å². The van der Waals surface area contributed by atoms with Crippen molar-refractivity contribution in [2.24, 2.45) is 0 Å². The Morgan fingerprint density at radius 3 is 2.32 bits per heavy atom. The molecule has 1 atom stereocenters. The first-order valence-electron chi connectivity index (χ1n) is 9.66. The summed E-state index contributed by atoms with van der Waals surface area (Å²) in [7, 11) is -0.964. The number of nitrogens with one attached hydrogen (secondary N) is 1. The molecule has 1 fully saturated rings. The van der Waals surface area contributed by atoms with Gasteiger partial charge in [-0.25, -0.2) is 4.79 Å². The zero-order valence-corrected chi connectivity index (χ0v) is 17.7. The third-order valence-corrected chi connectivity index (χ3v) is 6.81. The van der Waals surface area contributed by atoms with Gasteiger partial charge in [0.25, 0.3) is 0 Å². The Hall–Kier alpha value is -2.34. The van der Waals surface area contributed by atoms with E-state index in [1.165, 1.54) is 5.69 Å². The molecule has 2 aromatic rings. The van der Waals surface area contributed by atoms with Crippen LogP contribution in [0.5, 0.6) is 0 Å². The number of carbonyl (C=O) groups is 1. The number of hydrogen-bond acceptors (Lipinski definition) is 3. The summed E-state index contributed by atoms with van der Waals surface area (Å²) in [5, 5.41) is 2.99. The van der Waals surface area contributed by atoms with Crippen LogP contribution in [-0.4, -0.2) is 46.1 Å². The van der Waals surface area contributed by atoms with Gasteiger partial charge in [0.05, 0.1) is 0 Å². The van der Waals surface area contributed by atoms with Gasteiger partial charge in [-0.2, -0.15) is 0 Å². The van der Waals surface area contributed by atoms with Gasteiger partial charge in [-0.15, -0.1) is 0 Å². The van der Waals surface area contributed by atoms with Crippen molar-refractivity contribution >= 4 is 28.2 Å². The number of piperazine rings is 1. The second kappa shape index (κ2) is 8.78.